The van der Waals surface area contributed by atoms with Crippen LogP contribution in [-0.2, 0) is 4.74 Å². The van der Waals surface area contributed by atoms with Crippen molar-refractivity contribution < 1.29 is 4.74 Å². The van der Waals surface area contributed by atoms with E-state index in [2.05, 4.69) is 31.4 Å². The van der Waals surface area contributed by atoms with E-state index in [4.69, 9.17) is 9.73 Å². The third-order valence-corrected chi connectivity index (χ3v) is 5.65. The molecule has 3 fully saturated rings. The third kappa shape index (κ3) is 2.67. The van der Waals surface area contributed by atoms with Gasteiger partial charge in [-0.1, -0.05) is 20.3 Å². The van der Waals surface area contributed by atoms with E-state index < -0.39 is 0 Å². The molecule has 2 aliphatic carbocycles. The summed E-state index contributed by atoms with van der Waals surface area (Å²) in [6.45, 7) is 9.45. The maximum absolute atomic E-state index is 5.99. The number of guanidine groups is 1. The quantitative estimate of drug-likeness (QED) is 0.605. The van der Waals surface area contributed by atoms with E-state index in [1.807, 2.05) is 0 Å². The molecule has 0 radical (unpaired) electrons. The van der Waals surface area contributed by atoms with Crippen molar-refractivity contribution in [1.82, 2.24) is 10.6 Å². The Morgan fingerprint density at radius 1 is 1.38 bits per heavy atom. The molecule has 4 nitrogen and oxygen atoms in total. The van der Waals surface area contributed by atoms with Gasteiger partial charge in [0.1, 0.15) is 0 Å². The molecule has 0 amide bonds. The van der Waals surface area contributed by atoms with Crippen LogP contribution in [0.25, 0.3) is 0 Å². The van der Waals surface area contributed by atoms with E-state index in [1.54, 1.807) is 0 Å². The fourth-order valence-corrected chi connectivity index (χ4v) is 4.36. The molecule has 1 saturated heterocycles. The molecule has 2 N–H and O–H groups in total. The molecule has 4 heteroatoms. The van der Waals surface area contributed by atoms with Gasteiger partial charge in [-0.3, -0.25) is 4.99 Å². The lowest BCUT2D eigenvalue weighted by Gasteiger charge is -2.63. The molecule has 0 aromatic carbocycles. The molecule has 1 spiro atoms. The molecule has 2 saturated carbocycles. The van der Waals surface area contributed by atoms with E-state index in [0.29, 0.717) is 29.4 Å². The summed E-state index contributed by atoms with van der Waals surface area (Å²) in [6.07, 6.45) is 6.93. The maximum atomic E-state index is 5.99. The summed E-state index contributed by atoms with van der Waals surface area (Å²) in [6, 6.07) is 0.579. The zero-order valence-electron chi connectivity index (χ0n) is 13.8. The topological polar surface area (TPSA) is 45.7 Å². The van der Waals surface area contributed by atoms with E-state index in [0.717, 1.165) is 32.1 Å². The second-order valence-electron chi connectivity index (χ2n) is 7.40. The maximum Gasteiger partial charge on any atom is 0.191 e. The second kappa shape index (κ2) is 6.15. The van der Waals surface area contributed by atoms with E-state index in [-0.39, 0.29) is 0 Å². The van der Waals surface area contributed by atoms with E-state index in [9.17, 15) is 0 Å². The zero-order valence-corrected chi connectivity index (χ0v) is 13.8. The smallest absolute Gasteiger partial charge is 0.191 e. The number of hydrogen-bond donors (Lipinski definition) is 2. The Hall–Kier alpha value is -0.770. The minimum Gasteiger partial charge on any atom is -0.377 e. The van der Waals surface area contributed by atoms with Crippen molar-refractivity contribution in [2.24, 2.45) is 22.2 Å². The minimum absolute atomic E-state index is 0.426. The van der Waals surface area contributed by atoms with Gasteiger partial charge in [0.15, 0.2) is 5.96 Å². The molecule has 1 aliphatic heterocycles. The summed E-state index contributed by atoms with van der Waals surface area (Å²) in [4.78, 5) is 4.77. The van der Waals surface area contributed by atoms with Gasteiger partial charge in [0, 0.05) is 37.1 Å². The van der Waals surface area contributed by atoms with Gasteiger partial charge in [0.25, 0.3) is 0 Å². The Labute approximate surface area is 129 Å². The first-order chi connectivity index (χ1) is 10.2. The third-order valence-electron chi connectivity index (χ3n) is 5.65. The number of nitrogens with one attached hydrogen (secondary N) is 2. The molecule has 120 valence electrons. The Morgan fingerprint density at radius 2 is 2.19 bits per heavy atom. The van der Waals surface area contributed by atoms with Crippen LogP contribution in [0.3, 0.4) is 0 Å². The van der Waals surface area contributed by atoms with Crippen LogP contribution in [0.15, 0.2) is 4.99 Å². The average molecular weight is 293 g/mol. The summed E-state index contributed by atoms with van der Waals surface area (Å²) < 4.78 is 5.99. The molecule has 3 unspecified atom stereocenters. The summed E-state index contributed by atoms with van der Waals surface area (Å²) in [5.74, 6) is 2.44. The normalized spacial score (nSPS) is 33.5. The fourth-order valence-electron chi connectivity index (χ4n) is 4.36. The van der Waals surface area contributed by atoms with Gasteiger partial charge in [-0.05, 0) is 38.5 Å². The molecular weight excluding hydrogens is 262 g/mol. The Balaban J connectivity index is 1.62. The van der Waals surface area contributed by atoms with Crippen LogP contribution < -0.4 is 10.6 Å². The van der Waals surface area contributed by atoms with Gasteiger partial charge in [0.05, 0.1) is 6.10 Å². The van der Waals surface area contributed by atoms with Crippen LogP contribution in [0.2, 0.25) is 0 Å². The SMILES string of the molecule is CCNC(=NCCC(C)C)NC1C2CCOC2C12CCC2. The molecule has 3 aliphatic rings. The van der Waals surface area contributed by atoms with Crippen molar-refractivity contribution in [3.63, 3.8) is 0 Å². The van der Waals surface area contributed by atoms with Crippen LogP contribution in [-0.4, -0.2) is 37.8 Å². The van der Waals surface area contributed by atoms with Crippen molar-refractivity contribution in [2.45, 2.75) is 65.0 Å². The van der Waals surface area contributed by atoms with E-state index in [1.165, 1.54) is 25.7 Å². The lowest BCUT2D eigenvalue weighted by Crippen LogP contribution is -2.72. The fraction of sp³-hybridized carbons (Fsp3) is 0.941. The van der Waals surface area contributed by atoms with Crippen molar-refractivity contribution in [3.05, 3.63) is 0 Å². The first-order valence-electron chi connectivity index (χ1n) is 8.84. The summed E-state index contributed by atoms with van der Waals surface area (Å²) in [7, 11) is 0. The van der Waals surface area contributed by atoms with Gasteiger partial charge < -0.3 is 15.4 Å². The number of hydrogen-bond acceptors (Lipinski definition) is 2. The standard InChI is InChI=1S/C17H31N3O/c1-4-18-16(19-10-6-12(2)3)20-14-13-7-11-21-15(13)17(14)8-5-9-17/h12-15H,4-11H2,1-3H3,(H2,18,19,20). The highest BCUT2D eigenvalue weighted by Crippen LogP contribution is 2.62. The molecule has 3 atom stereocenters. The number of nitrogens with zero attached hydrogens (tertiary/aromatic N) is 1. The molecule has 0 aromatic heterocycles. The first kappa shape index (κ1) is 15.1. The van der Waals surface area contributed by atoms with Gasteiger partial charge in [-0.25, -0.2) is 0 Å². The monoisotopic (exact) mass is 293 g/mol. The Kier molecular flexibility index (Phi) is 4.43. The molecule has 1 heterocycles. The van der Waals surface area contributed by atoms with Crippen LogP contribution >= 0.6 is 0 Å². The summed E-state index contributed by atoms with van der Waals surface area (Å²) in [5, 5.41) is 7.17. The Morgan fingerprint density at radius 3 is 2.81 bits per heavy atom. The number of aliphatic imine (C=N–C) groups is 1. The minimum atomic E-state index is 0.426. The predicted molar refractivity (Wildman–Crippen MR) is 86.5 cm³/mol. The highest BCUT2D eigenvalue weighted by Gasteiger charge is 2.66. The lowest BCUT2D eigenvalue weighted by atomic mass is 9.46. The van der Waals surface area contributed by atoms with Gasteiger partial charge in [-0.15, -0.1) is 0 Å². The van der Waals surface area contributed by atoms with Crippen molar-refractivity contribution >= 4 is 5.96 Å². The highest BCUT2D eigenvalue weighted by atomic mass is 16.5. The molecule has 0 aromatic rings. The summed E-state index contributed by atoms with van der Waals surface area (Å²) >= 11 is 0. The van der Waals surface area contributed by atoms with Crippen molar-refractivity contribution in [2.75, 3.05) is 19.7 Å². The first-order valence-corrected chi connectivity index (χ1v) is 8.84. The van der Waals surface area contributed by atoms with Gasteiger partial charge in [-0.2, -0.15) is 0 Å². The highest BCUT2D eigenvalue weighted by molar-refractivity contribution is 5.80. The number of fused-ring (bicyclic) bond motifs is 2. The van der Waals surface area contributed by atoms with Crippen LogP contribution in [0, 0.1) is 17.3 Å². The van der Waals surface area contributed by atoms with Crippen molar-refractivity contribution in [3.8, 4) is 0 Å². The lowest BCUT2D eigenvalue weighted by molar-refractivity contribution is -0.171. The predicted octanol–water partition coefficient (Wildman–Crippen LogP) is 2.55. The second-order valence-corrected chi connectivity index (χ2v) is 7.40. The number of ether oxygens (including phenoxy) is 1. The molecular formula is C17H31N3O. The molecule has 0 bridgehead atoms. The van der Waals surface area contributed by atoms with Crippen LogP contribution in [0.4, 0.5) is 0 Å². The summed E-state index contributed by atoms with van der Waals surface area (Å²) in [5.41, 5.74) is 0.426. The van der Waals surface area contributed by atoms with Gasteiger partial charge in [0.2, 0.25) is 0 Å². The zero-order chi connectivity index (χ0) is 14.9. The van der Waals surface area contributed by atoms with Crippen LogP contribution in [0.5, 0.6) is 0 Å². The van der Waals surface area contributed by atoms with E-state index >= 15 is 0 Å². The number of rotatable bonds is 5. The molecule has 21 heavy (non-hydrogen) atoms. The van der Waals surface area contributed by atoms with Crippen LogP contribution in [0.1, 0.15) is 52.9 Å². The largest absolute Gasteiger partial charge is 0.377 e. The molecule has 3 rings (SSSR count). The van der Waals surface area contributed by atoms with Crippen molar-refractivity contribution in [1.29, 1.82) is 0 Å². The average Bonchev–Trinajstić information content (AvgIpc) is 2.78. The van der Waals surface area contributed by atoms with Gasteiger partial charge >= 0.3 is 0 Å². The Bertz CT molecular complexity index is 389.